The van der Waals surface area contributed by atoms with Gasteiger partial charge in [0.2, 0.25) is 11.8 Å². The maximum atomic E-state index is 14.3. The highest BCUT2D eigenvalue weighted by Crippen LogP contribution is 3.02. The molecule has 0 spiro atoms. The number of nitriles is 1. The first kappa shape index (κ1) is 32.4. The molecule has 2 heterocycles. The topological polar surface area (TPSA) is 89.3 Å². The van der Waals surface area contributed by atoms with Gasteiger partial charge in [-0.3, -0.25) is 24.4 Å². The minimum atomic E-state index is -10.1. The fraction of sp³-hybridized carbons (Fsp3) is 0.500. The zero-order valence-corrected chi connectivity index (χ0v) is 24.3. The fourth-order valence-corrected chi connectivity index (χ4v) is 6.27. The van der Waals surface area contributed by atoms with Crippen molar-refractivity contribution in [2.45, 2.75) is 81.3 Å². The van der Waals surface area contributed by atoms with Gasteiger partial charge in [-0.2, -0.15) is 5.26 Å². The molecule has 15 heteroatoms. The Morgan fingerprint density at radius 1 is 1.14 bits per heavy atom. The van der Waals surface area contributed by atoms with E-state index >= 15 is 0 Å². The molecule has 1 aromatic carbocycles. The maximum Gasteiger partial charge on any atom is 0.310 e. The molecule has 1 aliphatic carbocycles. The second kappa shape index (κ2) is 10.9. The predicted molar refractivity (Wildman–Crippen MR) is 147 cm³/mol. The highest BCUT2D eigenvalue weighted by molar-refractivity contribution is 8.45. The van der Waals surface area contributed by atoms with Crippen LogP contribution >= 0.6 is 10.2 Å². The predicted octanol–water partition coefficient (Wildman–Crippen LogP) is 7.40. The Balaban J connectivity index is 1.83. The van der Waals surface area contributed by atoms with Crippen molar-refractivity contribution in [2.24, 2.45) is 5.92 Å². The third-order valence-electron chi connectivity index (χ3n) is 8.12. The van der Waals surface area contributed by atoms with Gasteiger partial charge in [-0.15, -0.1) is 0 Å². The smallest absolute Gasteiger partial charge is 0.310 e. The standard InChI is InChI=1S/C28H32F7N5O2S/c1-3-19-14-24(39(16-19)17-36)27(42)40(21-4-6-22(7-5-21)43(31,32,33,34)35)25(23-15-37-13-10-18(23)2)26(41)38-20-8-11-28(29,30)12-9-20/h4-7,10,13,15,19-20,24-25H,3,8-9,11-12,14,16H2,1-2H3,(H,38,41)/t19-,24-,25?/m1/s1. The number of carbonyl (C=O) groups excluding carboxylic acids is 2. The van der Waals surface area contributed by atoms with E-state index in [0.29, 0.717) is 24.1 Å². The average molecular weight is 636 g/mol. The summed E-state index contributed by atoms with van der Waals surface area (Å²) in [6.07, 6.45) is 4.47. The summed E-state index contributed by atoms with van der Waals surface area (Å²) in [5, 5.41) is 12.5. The lowest BCUT2D eigenvalue weighted by Gasteiger charge is -2.41. The van der Waals surface area contributed by atoms with Crippen molar-refractivity contribution in [1.82, 2.24) is 15.2 Å². The summed E-state index contributed by atoms with van der Waals surface area (Å²) < 4.78 is 95.2. The summed E-state index contributed by atoms with van der Waals surface area (Å²) in [5.74, 6) is -4.57. The number of carbonyl (C=O) groups is 2. The van der Waals surface area contributed by atoms with Gasteiger partial charge in [-0.1, -0.05) is 32.8 Å². The first-order valence-corrected chi connectivity index (χ1v) is 15.7. The molecule has 1 aliphatic heterocycles. The van der Waals surface area contributed by atoms with Crippen molar-refractivity contribution in [2.75, 3.05) is 11.4 Å². The summed E-state index contributed by atoms with van der Waals surface area (Å²) in [4.78, 5) is 32.2. The Bertz CT molecular complexity index is 1410. The minimum absolute atomic E-state index is 0.0486. The number of aromatic nitrogens is 1. The van der Waals surface area contributed by atoms with Crippen LogP contribution in [0.2, 0.25) is 0 Å². The van der Waals surface area contributed by atoms with Crippen LogP contribution in [-0.4, -0.2) is 46.2 Å². The molecule has 1 saturated heterocycles. The van der Waals surface area contributed by atoms with E-state index in [1.165, 1.54) is 17.3 Å². The van der Waals surface area contributed by atoms with E-state index in [9.17, 15) is 43.1 Å². The average Bonchev–Trinajstić information content (AvgIpc) is 3.36. The number of benzene rings is 1. The highest BCUT2D eigenvalue weighted by atomic mass is 32.5. The largest absolute Gasteiger partial charge is 0.351 e. The summed E-state index contributed by atoms with van der Waals surface area (Å²) in [6.45, 7) is 3.72. The summed E-state index contributed by atoms with van der Waals surface area (Å²) in [6, 6.07) is -0.135. The molecule has 43 heavy (non-hydrogen) atoms. The van der Waals surface area contributed by atoms with Gasteiger partial charge < -0.3 is 5.32 Å². The minimum Gasteiger partial charge on any atom is -0.351 e. The van der Waals surface area contributed by atoms with E-state index in [1.807, 2.05) is 13.1 Å². The van der Waals surface area contributed by atoms with Gasteiger partial charge in [0, 0.05) is 49.1 Å². The number of hydrogen-bond acceptors (Lipinski definition) is 5. The monoisotopic (exact) mass is 635 g/mol. The van der Waals surface area contributed by atoms with E-state index in [4.69, 9.17) is 0 Å². The zero-order chi connectivity index (χ0) is 31.9. The zero-order valence-electron chi connectivity index (χ0n) is 23.5. The lowest BCUT2D eigenvalue weighted by molar-refractivity contribution is -0.129. The molecular formula is C28H32F7N5O2S. The normalized spacial score (nSPS) is 23.0. The van der Waals surface area contributed by atoms with Crippen LogP contribution in [0.1, 0.15) is 62.6 Å². The van der Waals surface area contributed by atoms with Crippen LogP contribution in [0.25, 0.3) is 0 Å². The van der Waals surface area contributed by atoms with Crippen molar-refractivity contribution in [3.63, 3.8) is 0 Å². The maximum absolute atomic E-state index is 14.3. The fourth-order valence-electron chi connectivity index (χ4n) is 5.62. The van der Waals surface area contributed by atoms with Crippen LogP contribution in [0.15, 0.2) is 47.6 Å². The van der Waals surface area contributed by atoms with Crippen molar-refractivity contribution in [3.05, 3.63) is 53.9 Å². The van der Waals surface area contributed by atoms with Gasteiger partial charge in [0.25, 0.3) is 5.91 Å². The Morgan fingerprint density at radius 3 is 2.30 bits per heavy atom. The second-order valence-corrected chi connectivity index (χ2v) is 13.6. The molecule has 2 aliphatic rings. The van der Waals surface area contributed by atoms with Crippen molar-refractivity contribution < 1.29 is 37.8 Å². The number of nitrogens with one attached hydrogen (secondary N) is 1. The van der Waals surface area contributed by atoms with Gasteiger partial charge in [0.05, 0.1) is 0 Å². The van der Waals surface area contributed by atoms with Gasteiger partial charge in [0.1, 0.15) is 17.0 Å². The molecule has 1 aromatic heterocycles. The van der Waals surface area contributed by atoms with Gasteiger partial charge in [-0.05, 0) is 68.0 Å². The number of pyridine rings is 1. The summed E-state index contributed by atoms with van der Waals surface area (Å²) >= 11 is 0. The van der Waals surface area contributed by atoms with Gasteiger partial charge in [0.15, 0.2) is 6.19 Å². The Kier molecular flexibility index (Phi) is 8.18. The van der Waals surface area contributed by atoms with E-state index in [1.54, 1.807) is 13.0 Å². The van der Waals surface area contributed by atoms with E-state index < -0.39 is 63.8 Å². The molecule has 2 amide bonds. The van der Waals surface area contributed by atoms with Crippen LogP contribution in [0.4, 0.5) is 33.9 Å². The van der Waals surface area contributed by atoms with Gasteiger partial charge >= 0.3 is 10.2 Å². The second-order valence-electron chi connectivity index (χ2n) is 11.2. The van der Waals surface area contributed by atoms with Gasteiger partial charge in [-0.25, -0.2) is 8.78 Å². The van der Waals surface area contributed by atoms with Crippen molar-refractivity contribution >= 4 is 27.7 Å². The van der Waals surface area contributed by atoms with Crippen LogP contribution in [-0.2, 0) is 9.59 Å². The molecule has 4 rings (SSSR count). The van der Waals surface area contributed by atoms with Crippen molar-refractivity contribution in [1.29, 1.82) is 5.26 Å². The molecule has 0 bridgehead atoms. The lowest BCUT2D eigenvalue weighted by Crippen LogP contribution is -2.52. The first-order chi connectivity index (χ1) is 19.8. The van der Waals surface area contributed by atoms with Crippen LogP contribution in [0, 0.1) is 24.3 Å². The number of halogens is 7. The number of anilines is 1. The molecule has 1 saturated carbocycles. The van der Waals surface area contributed by atoms with E-state index in [2.05, 4.69) is 10.3 Å². The number of amides is 2. The van der Waals surface area contributed by atoms with Crippen LogP contribution < -0.4 is 10.2 Å². The SMILES string of the molecule is CC[C@@H]1C[C@H](C(=O)N(c2ccc(S(F)(F)(F)(F)F)cc2)C(C(=O)NC2CCC(F)(F)CC2)c2cnccc2C)N(C#N)C1. The highest BCUT2D eigenvalue weighted by Gasteiger charge is 2.65. The Hall–Kier alpha value is -3.54. The van der Waals surface area contributed by atoms with E-state index in [0.717, 1.165) is 4.90 Å². The molecule has 1 unspecified atom stereocenters. The number of alkyl halides is 2. The van der Waals surface area contributed by atoms with E-state index in [-0.39, 0.29) is 55.1 Å². The van der Waals surface area contributed by atoms with Crippen molar-refractivity contribution in [3.8, 4) is 6.19 Å². The number of likely N-dealkylation sites (tertiary alicyclic amines) is 1. The Morgan fingerprint density at radius 2 is 1.77 bits per heavy atom. The molecule has 236 valence electrons. The van der Waals surface area contributed by atoms with Crippen LogP contribution in [0.3, 0.4) is 0 Å². The molecule has 7 nitrogen and oxygen atoms in total. The third-order valence-corrected chi connectivity index (χ3v) is 9.28. The summed E-state index contributed by atoms with van der Waals surface area (Å²) in [5.41, 5.74) is 0.355. The molecule has 1 N–H and O–H groups in total. The number of nitrogens with zero attached hydrogens (tertiary/aromatic N) is 4. The third kappa shape index (κ3) is 7.34. The molecular weight excluding hydrogens is 603 g/mol. The molecule has 2 aromatic rings. The molecule has 0 radical (unpaired) electrons. The van der Waals surface area contributed by atoms with Crippen LogP contribution in [0.5, 0.6) is 0 Å². The number of hydrogen-bond donors (Lipinski definition) is 1. The number of rotatable bonds is 8. The Labute approximate surface area is 244 Å². The molecule has 2 fully saturated rings. The first-order valence-electron chi connectivity index (χ1n) is 13.8. The molecule has 3 atom stereocenters. The lowest BCUT2D eigenvalue weighted by atomic mass is 9.91. The summed E-state index contributed by atoms with van der Waals surface area (Å²) in [7, 11) is -10.1. The quantitative estimate of drug-likeness (QED) is 0.241. The number of aryl methyl sites for hydroxylation is 1.